The van der Waals surface area contributed by atoms with Crippen LogP contribution in [0.25, 0.3) is 0 Å². The molecule has 2 aliphatic heterocycles. The topological polar surface area (TPSA) is 15.3 Å². The van der Waals surface area contributed by atoms with Crippen molar-refractivity contribution in [1.29, 1.82) is 0 Å². The molecular weight excluding hydrogens is 220 g/mol. The zero-order valence-electron chi connectivity index (χ0n) is 11.4. The van der Waals surface area contributed by atoms with Gasteiger partial charge in [0.2, 0.25) is 0 Å². The SMILES string of the molecule is CC1Cc2ccccc2N(CCC2CCNC2)C1. The quantitative estimate of drug-likeness (QED) is 0.879. The minimum Gasteiger partial charge on any atom is -0.371 e. The van der Waals surface area contributed by atoms with Gasteiger partial charge in [0.25, 0.3) is 0 Å². The first-order valence-corrected chi connectivity index (χ1v) is 7.36. The van der Waals surface area contributed by atoms with Crippen LogP contribution in [-0.4, -0.2) is 26.2 Å². The Morgan fingerprint density at radius 3 is 3.06 bits per heavy atom. The maximum Gasteiger partial charge on any atom is 0.0398 e. The molecule has 1 fully saturated rings. The molecule has 18 heavy (non-hydrogen) atoms. The maximum atomic E-state index is 3.47. The second kappa shape index (κ2) is 5.31. The third-order valence-electron chi connectivity index (χ3n) is 4.40. The van der Waals surface area contributed by atoms with E-state index in [1.807, 2.05) is 0 Å². The van der Waals surface area contributed by atoms with Crippen molar-refractivity contribution in [2.45, 2.75) is 26.2 Å². The number of hydrogen-bond donors (Lipinski definition) is 1. The highest BCUT2D eigenvalue weighted by Crippen LogP contribution is 2.30. The van der Waals surface area contributed by atoms with Gasteiger partial charge in [-0.3, -0.25) is 0 Å². The Labute approximate surface area is 110 Å². The van der Waals surface area contributed by atoms with Crippen molar-refractivity contribution in [3.63, 3.8) is 0 Å². The summed E-state index contributed by atoms with van der Waals surface area (Å²) in [5.41, 5.74) is 3.03. The van der Waals surface area contributed by atoms with Crippen LogP contribution in [0.3, 0.4) is 0 Å². The second-order valence-electron chi connectivity index (χ2n) is 6.03. The van der Waals surface area contributed by atoms with Gasteiger partial charge in [-0.1, -0.05) is 25.1 Å². The van der Waals surface area contributed by atoms with E-state index in [2.05, 4.69) is 41.4 Å². The summed E-state index contributed by atoms with van der Waals surface area (Å²) in [6.07, 6.45) is 3.96. The first-order valence-electron chi connectivity index (χ1n) is 7.36. The van der Waals surface area contributed by atoms with E-state index in [1.165, 1.54) is 51.1 Å². The largest absolute Gasteiger partial charge is 0.371 e. The molecule has 2 heterocycles. The molecule has 0 radical (unpaired) electrons. The van der Waals surface area contributed by atoms with Crippen LogP contribution in [0, 0.1) is 11.8 Å². The fourth-order valence-electron chi connectivity index (χ4n) is 3.42. The molecule has 2 nitrogen and oxygen atoms in total. The van der Waals surface area contributed by atoms with Crippen molar-refractivity contribution in [2.24, 2.45) is 11.8 Å². The highest BCUT2D eigenvalue weighted by Gasteiger charge is 2.22. The van der Waals surface area contributed by atoms with Gasteiger partial charge < -0.3 is 10.2 Å². The van der Waals surface area contributed by atoms with Crippen LogP contribution >= 0.6 is 0 Å². The Balaban J connectivity index is 1.67. The number of para-hydroxylation sites is 1. The number of hydrogen-bond acceptors (Lipinski definition) is 2. The molecule has 98 valence electrons. The van der Waals surface area contributed by atoms with Gasteiger partial charge in [0.15, 0.2) is 0 Å². The minimum absolute atomic E-state index is 0.793. The van der Waals surface area contributed by atoms with E-state index in [0.717, 1.165) is 11.8 Å². The molecule has 2 atom stereocenters. The van der Waals surface area contributed by atoms with E-state index in [0.29, 0.717) is 0 Å². The Bertz CT molecular complexity index is 396. The summed E-state index contributed by atoms with van der Waals surface area (Å²) in [4.78, 5) is 2.61. The van der Waals surface area contributed by atoms with E-state index in [-0.39, 0.29) is 0 Å². The van der Waals surface area contributed by atoms with Gasteiger partial charge in [-0.05, 0) is 55.8 Å². The summed E-state index contributed by atoms with van der Waals surface area (Å²) in [6.45, 7) is 7.29. The fraction of sp³-hybridized carbons (Fsp3) is 0.625. The summed E-state index contributed by atoms with van der Waals surface area (Å²) in [5.74, 6) is 1.69. The molecule has 0 aliphatic carbocycles. The number of nitrogens with zero attached hydrogens (tertiary/aromatic N) is 1. The number of fused-ring (bicyclic) bond motifs is 1. The van der Waals surface area contributed by atoms with Crippen LogP contribution in [0.1, 0.15) is 25.3 Å². The standard InChI is InChI=1S/C16H24N2/c1-13-10-15-4-2-3-5-16(15)18(12-13)9-7-14-6-8-17-11-14/h2-5,13-14,17H,6-12H2,1H3. The monoisotopic (exact) mass is 244 g/mol. The van der Waals surface area contributed by atoms with Crippen LogP contribution in [0.4, 0.5) is 5.69 Å². The van der Waals surface area contributed by atoms with E-state index in [1.54, 1.807) is 5.56 Å². The Hall–Kier alpha value is -1.02. The summed E-state index contributed by atoms with van der Waals surface area (Å²) >= 11 is 0. The lowest BCUT2D eigenvalue weighted by atomic mass is 9.93. The summed E-state index contributed by atoms with van der Waals surface area (Å²) in [6, 6.07) is 8.96. The van der Waals surface area contributed by atoms with Gasteiger partial charge in [-0.25, -0.2) is 0 Å². The molecule has 1 N–H and O–H groups in total. The van der Waals surface area contributed by atoms with Crippen LogP contribution < -0.4 is 10.2 Å². The third kappa shape index (κ3) is 2.54. The number of nitrogens with one attached hydrogen (secondary N) is 1. The molecule has 0 bridgehead atoms. The number of benzene rings is 1. The maximum absolute atomic E-state index is 3.47. The number of anilines is 1. The van der Waals surface area contributed by atoms with Crippen LogP contribution in [0.2, 0.25) is 0 Å². The molecule has 0 amide bonds. The molecule has 0 spiro atoms. The van der Waals surface area contributed by atoms with Gasteiger partial charge in [-0.15, -0.1) is 0 Å². The van der Waals surface area contributed by atoms with Crippen molar-refractivity contribution in [1.82, 2.24) is 5.32 Å². The zero-order valence-corrected chi connectivity index (χ0v) is 11.4. The highest BCUT2D eigenvalue weighted by atomic mass is 15.1. The van der Waals surface area contributed by atoms with E-state index >= 15 is 0 Å². The molecular formula is C16H24N2. The lowest BCUT2D eigenvalue weighted by Gasteiger charge is -2.35. The first kappa shape index (κ1) is 12.0. The Morgan fingerprint density at radius 2 is 2.22 bits per heavy atom. The second-order valence-corrected chi connectivity index (χ2v) is 6.03. The molecule has 1 aromatic rings. The highest BCUT2D eigenvalue weighted by molar-refractivity contribution is 5.55. The minimum atomic E-state index is 0.793. The van der Waals surface area contributed by atoms with Crippen LogP contribution in [0.15, 0.2) is 24.3 Å². The molecule has 1 aromatic carbocycles. The van der Waals surface area contributed by atoms with Gasteiger partial charge >= 0.3 is 0 Å². The van der Waals surface area contributed by atoms with Crippen molar-refractivity contribution in [3.05, 3.63) is 29.8 Å². The molecule has 0 saturated carbocycles. The van der Waals surface area contributed by atoms with Gasteiger partial charge in [0.05, 0.1) is 0 Å². The molecule has 3 rings (SSSR count). The van der Waals surface area contributed by atoms with Crippen molar-refractivity contribution >= 4 is 5.69 Å². The zero-order chi connectivity index (χ0) is 12.4. The summed E-state index contributed by atoms with van der Waals surface area (Å²) in [5, 5.41) is 3.47. The average Bonchev–Trinajstić information content (AvgIpc) is 2.89. The van der Waals surface area contributed by atoms with Crippen molar-refractivity contribution in [2.75, 3.05) is 31.1 Å². The first-order chi connectivity index (χ1) is 8.83. The molecule has 2 heteroatoms. The predicted molar refractivity (Wildman–Crippen MR) is 77.1 cm³/mol. The predicted octanol–water partition coefficient (Wildman–Crippen LogP) is 2.68. The van der Waals surface area contributed by atoms with Gasteiger partial charge in [0, 0.05) is 18.8 Å². The normalized spacial score (nSPS) is 27.3. The average molecular weight is 244 g/mol. The lowest BCUT2D eigenvalue weighted by molar-refractivity contribution is 0.483. The Kier molecular flexibility index (Phi) is 3.55. The lowest BCUT2D eigenvalue weighted by Crippen LogP contribution is -2.35. The molecule has 2 unspecified atom stereocenters. The van der Waals surface area contributed by atoms with Crippen LogP contribution in [0.5, 0.6) is 0 Å². The molecule has 1 saturated heterocycles. The van der Waals surface area contributed by atoms with Crippen molar-refractivity contribution in [3.8, 4) is 0 Å². The Morgan fingerprint density at radius 1 is 1.33 bits per heavy atom. The number of rotatable bonds is 3. The third-order valence-corrected chi connectivity index (χ3v) is 4.40. The van der Waals surface area contributed by atoms with Gasteiger partial charge in [-0.2, -0.15) is 0 Å². The summed E-state index contributed by atoms with van der Waals surface area (Å²) in [7, 11) is 0. The van der Waals surface area contributed by atoms with E-state index < -0.39 is 0 Å². The summed E-state index contributed by atoms with van der Waals surface area (Å²) < 4.78 is 0. The fourth-order valence-corrected chi connectivity index (χ4v) is 3.42. The molecule has 2 aliphatic rings. The van der Waals surface area contributed by atoms with Gasteiger partial charge in [0.1, 0.15) is 0 Å². The van der Waals surface area contributed by atoms with E-state index in [4.69, 9.17) is 0 Å². The van der Waals surface area contributed by atoms with Crippen LogP contribution in [-0.2, 0) is 6.42 Å². The van der Waals surface area contributed by atoms with Crippen molar-refractivity contribution < 1.29 is 0 Å². The van der Waals surface area contributed by atoms with E-state index in [9.17, 15) is 0 Å². The smallest absolute Gasteiger partial charge is 0.0398 e. The molecule has 0 aromatic heterocycles.